The molecule has 1 aliphatic heterocycles. The maximum Gasteiger partial charge on any atom is 0.354 e. The van der Waals surface area contributed by atoms with Crippen molar-refractivity contribution < 1.29 is 19.4 Å². The number of rotatable bonds is 4. The van der Waals surface area contributed by atoms with Gasteiger partial charge < -0.3 is 20.1 Å². The first-order valence-electron chi connectivity index (χ1n) is 8.29. The van der Waals surface area contributed by atoms with Crippen molar-refractivity contribution in [1.29, 1.82) is 0 Å². The maximum atomic E-state index is 12.2. The zero-order valence-corrected chi connectivity index (χ0v) is 14.5. The first-order chi connectivity index (χ1) is 12.4. The summed E-state index contributed by atoms with van der Waals surface area (Å²) in [5.74, 6) is -0.682. The molecule has 8 heteroatoms. The molecule has 2 aromatic rings. The summed E-state index contributed by atoms with van der Waals surface area (Å²) in [6.07, 6.45) is 3.11. The molecule has 1 fully saturated rings. The third-order valence-corrected chi connectivity index (χ3v) is 3.99. The van der Waals surface area contributed by atoms with E-state index in [1.165, 1.54) is 18.3 Å². The smallest absolute Gasteiger partial charge is 0.354 e. The van der Waals surface area contributed by atoms with Crippen LogP contribution in [0.4, 0.5) is 11.5 Å². The lowest BCUT2D eigenvalue weighted by Crippen LogP contribution is -2.45. The summed E-state index contributed by atoms with van der Waals surface area (Å²) in [6, 6.07) is 6.35. The van der Waals surface area contributed by atoms with Crippen molar-refractivity contribution in [2.45, 2.75) is 26.1 Å². The summed E-state index contributed by atoms with van der Waals surface area (Å²) in [5, 5.41) is 11.6. The van der Waals surface area contributed by atoms with E-state index in [1.807, 2.05) is 19.9 Å². The van der Waals surface area contributed by atoms with Crippen molar-refractivity contribution in [3.63, 3.8) is 0 Å². The van der Waals surface area contributed by atoms with Crippen LogP contribution in [0, 0.1) is 0 Å². The number of morpholine rings is 1. The molecule has 0 radical (unpaired) electrons. The third-order valence-electron chi connectivity index (χ3n) is 3.99. The first kappa shape index (κ1) is 17.8. The van der Waals surface area contributed by atoms with Gasteiger partial charge in [-0.3, -0.25) is 4.79 Å². The maximum absolute atomic E-state index is 12.2. The van der Waals surface area contributed by atoms with Gasteiger partial charge in [0.15, 0.2) is 0 Å². The number of pyridine rings is 2. The first-order valence-corrected chi connectivity index (χ1v) is 8.29. The highest BCUT2D eigenvalue weighted by Gasteiger charge is 2.23. The van der Waals surface area contributed by atoms with Gasteiger partial charge in [-0.2, -0.15) is 0 Å². The van der Waals surface area contributed by atoms with E-state index in [1.54, 1.807) is 12.3 Å². The summed E-state index contributed by atoms with van der Waals surface area (Å²) in [7, 11) is 0. The number of anilines is 2. The molecule has 26 heavy (non-hydrogen) atoms. The van der Waals surface area contributed by atoms with Crippen LogP contribution in [0.25, 0.3) is 0 Å². The van der Waals surface area contributed by atoms with Gasteiger partial charge in [-0.1, -0.05) is 0 Å². The summed E-state index contributed by atoms with van der Waals surface area (Å²) < 4.78 is 5.72. The van der Waals surface area contributed by atoms with Gasteiger partial charge in [-0.15, -0.1) is 0 Å². The van der Waals surface area contributed by atoms with E-state index in [-0.39, 0.29) is 29.4 Å². The standard InChI is InChI=1S/C18H20N4O4/c1-11-9-22(10-12(2)26-11)16-6-4-14(8-20-16)21-17(23)13-3-5-15(18(24)25)19-7-13/h3-8,11-12H,9-10H2,1-2H3,(H,21,23)(H,24,25). The Balaban J connectivity index is 1.65. The molecule has 0 bridgehead atoms. The van der Waals surface area contributed by atoms with Gasteiger partial charge in [0.05, 0.1) is 29.7 Å². The Labute approximate surface area is 150 Å². The number of carbonyl (C=O) groups excluding carboxylic acids is 1. The molecule has 1 amide bonds. The van der Waals surface area contributed by atoms with Crippen LogP contribution in [0.1, 0.15) is 34.7 Å². The molecule has 2 atom stereocenters. The average molecular weight is 356 g/mol. The highest BCUT2D eigenvalue weighted by Crippen LogP contribution is 2.20. The fraction of sp³-hybridized carbons (Fsp3) is 0.333. The Morgan fingerprint density at radius 1 is 1.12 bits per heavy atom. The average Bonchev–Trinajstić information content (AvgIpc) is 2.61. The lowest BCUT2D eigenvalue weighted by atomic mass is 10.2. The second-order valence-corrected chi connectivity index (χ2v) is 6.26. The topological polar surface area (TPSA) is 105 Å². The molecule has 3 rings (SSSR count). The minimum absolute atomic E-state index is 0.110. The molecule has 0 spiro atoms. The predicted octanol–water partition coefficient (Wildman–Crippen LogP) is 2.04. The van der Waals surface area contributed by atoms with Gasteiger partial charge in [-0.25, -0.2) is 14.8 Å². The van der Waals surface area contributed by atoms with Crippen LogP contribution in [-0.4, -0.2) is 52.2 Å². The molecular formula is C18H20N4O4. The number of nitrogens with zero attached hydrogens (tertiary/aromatic N) is 3. The zero-order chi connectivity index (χ0) is 18.7. The number of aromatic nitrogens is 2. The van der Waals surface area contributed by atoms with E-state index in [0.717, 1.165) is 18.9 Å². The Hall–Kier alpha value is -3.00. The quantitative estimate of drug-likeness (QED) is 0.864. The van der Waals surface area contributed by atoms with E-state index in [2.05, 4.69) is 20.2 Å². The molecule has 2 unspecified atom stereocenters. The highest BCUT2D eigenvalue weighted by molar-refractivity contribution is 6.04. The van der Waals surface area contributed by atoms with E-state index >= 15 is 0 Å². The minimum atomic E-state index is -1.14. The molecule has 1 aliphatic rings. The van der Waals surface area contributed by atoms with Crippen LogP contribution in [0.5, 0.6) is 0 Å². The summed E-state index contributed by atoms with van der Waals surface area (Å²) >= 11 is 0. The molecule has 1 saturated heterocycles. The lowest BCUT2D eigenvalue weighted by Gasteiger charge is -2.36. The third kappa shape index (κ3) is 4.15. The van der Waals surface area contributed by atoms with Crippen molar-refractivity contribution in [3.05, 3.63) is 47.9 Å². The molecule has 8 nitrogen and oxygen atoms in total. The van der Waals surface area contributed by atoms with Crippen LogP contribution in [0.15, 0.2) is 36.7 Å². The second-order valence-electron chi connectivity index (χ2n) is 6.26. The highest BCUT2D eigenvalue weighted by atomic mass is 16.5. The number of carboxylic acid groups (broad SMARTS) is 1. The Kier molecular flexibility index (Phi) is 5.13. The van der Waals surface area contributed by atoms with Crippen LogP contribution < -0.4 is 10.2 Å². The molecule has 0 saturated carbocycles. The van der Waals surface area contributed by atoms with Gasteiger partial charge in [0.25, 0.3) is 5.91 Å². The zero-order valence-electron chi connectivity index (χ0n) is 14.5. The number of nitrogens with one attached hydrogen (secondary N) is 1. The molecular weight excluding hydrogens is 336 g/mol. The van der Waals surface area contributed by atoms with Crippen molar-refractivity contribution in [1.82, 2.24) is 9.97 Å². The van der Waals surface area contributed by atoms with E-state index in [4.69, 9.17) is 9.84 Å². The van der Waals surface area contributed by atoms with E-state index in [9.17, 15) is 9.59 Å². The number of aromatic carboxylic acids is 1. The van der Waals surface area contributed by atoms with Crippen LogP contribution in [0.2, 0.25) is 0 Å². The monoisotopic (exact) mass is 356 g/mol. The van der Waals surface area contributed by atoms with Gasteiger partial charge in [0.1, 0.15) is 11.5 Å². The molecule has 2 aromatic heterocycles. The number of amides is 1. The van der Waals surface area contributed by atoms with Crippen molar-refractivity contribution in [3.8, 4) is 0 Å². The number of hydrogen-bond donors (Lipinski definition) is 2. The number of ether oxygens (including phenoxy) is 1. The minimum Gasteiger partial charge on any atom is -0.477 e. The van der Waals surface area contributed by atoms with Crippen LogP contribution >= 0.6 is 0 Å². The van der Waals surface area contributed by atoms with Crippen molar-refractivity contribution >= 4 is 23.4 Å². The van der Waals surface area contributed by atoms with E-state index < -0.39 is 5.97 Å². The van der Waals surface area contributed by atoms with Gasteiger partial charge in [-0.05, 0) is 38.1 Å². The molecule has 0 aromatic carbocycles. The largest absolute Gasteiger partial charge is 0.477 e. The van der Waals surface area contributed by atoms with Crippen LogP contribution in [-0.2, 0) is 4.74 Å². The second kappa shape index (κ2) is 7.49. The number of carboxylic acids is 1. The fourth-order valence-electron chi connectivity index (χ4n) is 2.87. The molecule has 136 valence electrons. The molecule has 2 N–H and O–H groups in total. The van der Waals surface area contributed by atoms with Crippen molar-refractivity contribution in [2.24, 2.45) is 0 Å². The molecule has 0 aliphatic carbocycles. The number of carbonyl (C=O) groups is 2. The fourth-order valence-corrected chi connectivity index (χ4v) is 2.87. The Morgan fingerprint density at radius 2 is 1.85 bits per heavy atom. The van der Waals surface area contributed by atoms with Crippen LogP contribution in [0.3, 0.4) is 0 Å². The summed E-state index contributed by atoms with van der Waals surface area (Å²) in [6.45, 7) is 5.59. The normalized spacial score (nSPS) is 19.8. The van der Waals surface area contributed by atoms with Gasteiger partial charge >= 0.3 is 5.97 Å². The SMILES string of the molecule is CC1CN(c2ccc(NC(=O)c3ccc(C(=O)O)nc3)cn2)CC(C)O1. The van der Waals surface area contributed by atoms with Crippen molar-refractivity contribution in [2.75, 3.05) is 23.3 Å². The Bertz CT molecular complexity index is 782. The number of hydrogen-bond acceptors (Lipinski definition) is 6. The predicted molar refractivity (Wildman–Crippen MR) is 95.6 cm³/mol. The van der Waals surface area contributed by atoms with Gasteiger partial charge in [0.2, 0.25) is 0 Å². The summed E-state index contributed by atoms with van der Waals surface area (Å²) in [4.78, 5) is 33.3. The summed E-state index contributed by atoms with van der Waals surface area (Å²) in [5.41, 5.74) is 0.715. The molecule has 3 heterocycles. The lowest BCUT2D eigenvalue weighted by molar-refractivity contribution is -0.00546. The van der Waals surface area contributed by atoms with Gasteiger partial charge in [0, 0.05) is 19.3 Å². The Morgan fingerprint density at radius 3 is 2.38 bits per heavy atom. The van der Waals surface area contributed by atoms with E-state index in [0.29, 0.717) is 5.69 Å².